The van der Waals surface area contributed by atoms with Crippen molar-refractivity contribution in [1.82, 2.24) is 10.6 Å². The number of ether oxygens (including phenoxy) is 2. The molecule has 3 unspecified atom stereocenters. The van der Waals surface area contributed by atoms with E-state index in [0.29, 0.717) is 6.54 Å². The van der Waals surface area contributed by atoms with Gasteiger partial charge in [0.15, 0.2) is 5.96 Å². The summed E-state index contributed by atoms with van der Waals surface area (Å²) in [6.07, 6.45) is 3.86. The summed E-state index contributed by atoms with van der Waals surface area (Å²) in [7, 11) is 3.33. The van der Waals surface area contributed by atoms with Crippen LogP contribution in [0, 0.1) is 5.41 Å². The standard InChI is InChI=1S/C21H35N3O3.HI/c1-6-22-20(23-14-21(3)12-8-7-9-19(21)25)24-15(2)17-13-16(26-4)10-11-18(17)27-5;/h10-11,13,15,19,25H,6-9,12,14H2,1-5H3,(H2,22,23,24);1H. The number of halogens is 1. The van der Waals surface area contributed by atoms with Gasteiger partial charge in [-0.25, -0.2) is 0 Å². The van der Waals surface area contributed by atoms with Crippen LogP contribution in [-0.2, 0) is 0 Å². The molecule has 3 atom stereocenters. The topological polar surface area (TPSA) is 75.1 Å². The van der Waals surface area contributed by atoms with Crippen LogP contribution < -0.4 is 20.1 Å². The van der Waals surface area contributed by atoms with Crippen LogP contribution in [0.3, 0.4) is 0 Å². The van der Waals surface area contributed by atoms with Gasteiger partial charge in [0, 0.05) is 17.5 Å². The Morgan fingerprint density at radius 1 is 1.32 bits per heavy atom. The highest BCUT2D eigenvalue weighted by Crippen LogP contribution is 2.36. The highest BCUT2D eigenvalue weighted by Gasteiger charge is 2.35. The van der Waals surface area contributed by atoms with Gasteiger partial charge in [-0.1, -0.05) is 19.8 Å². The molecule has 1 saturated carbocycles. The molecule has 0 heterocycles. The number of aliphatic hydroxyl groups is 1. The van der Waals surface area contributed by atoms with Crippen LogP contribution in [0.5, 0.6) is 11.5 Å². The summed E-state index contributed by atoms with van der Waals surface area (Å²) >= 11 is 0. The van der Waals surface area contributed by atoms with E-state index in [9.17, 15) is 5.11 Å². The second kappa shape index (κ2) is 11.7. The van der Waals surface area contributed by atoms with E-state index in [1.165, 1.54) is 0 Å². The van der Waals surface area contributed by atoms with Crippen molar-refractivity contribution in [2.45, 2.75) is 58.6 Å². The summed E-state index contributed by atoms with van der Waals surface area (Å²) in [5, 5.41) is 17.2. The SMILES string of the molecule is CCNC(=NCC1(C)CCCCC1O)NC(C)c1cc(OC)ccc1OC.I. The fraction of sp³-hybridized carbons (Fsp3) is 0.667. The monoisotopic (exact) mass is 505 g/mol. The number of aliphatic imine (C=N–C) groups is 1. The average molecular weight is 505 g/mol. The molecule has 1 aromatic rings. The fourth-order valence-electron chi connectivity index (χ4n) is 3.61. The molecular formula is C21H36IN3O3. The number of hydrogen-bond donors (Lipinski definition) is 3. The molecule has 6 nitrogen and oxygen atoms in total. The zero-order chi connectivity index (χ0) is 19.9. The third-order valence-electron chi connectivity index (χ3n) is 5.48. The van der Waals surface area contributed by atoms with E-state index < -0.39 is 0 Å². The third kappa shape index (κ3) is 6.40. The van der Waals surface area contributed by atoms with E-state index in [1.807, 2.05) is 25.1 Å². The van der Waals surface area contributed by atoms with Crippen molar-refractivity contribution in [3.63, 3.8) is 0 Å². The van der Waals surface area contributed by atoms with E-state index >= 15 is 0 Å². The Morgan fingerprint density at radius 3 is 2.68 bits per heavy atom. The highest BCUT2D eigenvalue weighted by atomic mass is 127. The average Bonchev–Trinajstić information content (AvgIpc) is 2.68. The molecule has 0 bridgehead atoms. The quantitative estimate of drug-likeness (QED) is 0.298. The van der Waals surface area contributed by atoms with Crippen molar-refractivity contribution in [2.75, 3.05) is 27.3 Å². The van der Waals surface area contributed by atoms with Crippen LogP contribution >= 0.6 is 24.0 Å². The summed E-state index contributed by atoms with van der Waals surface area (Å²) in [4.78, 5) is 4.79. The zero-order valence-corrected chi connectivity index (χ0v) is 20.1. The lowest BCUT2D eigenvalue weighted by atomic mass is 9.73. The van der Waals surface area contributed by atoms with Gasteiger partial charge in [-0.2, -0.15) is 0 Å². The molecule has 0 aliphatic heterocycles. The molecule has 1 aromatic carbocycles. The first-order valence-electron chi connectivity index (χ1n) is 9.88. The predicted molar refractivity (Wildman–Crippen MR) is 125 cm³/mol. The van der Waals surface area contributed by atoms with Gasteiger partial charge in [-0.15, -0.1) is 24.0 Å². The van der Waals surface area contributed by atoms with Crippen molar-refractivity contribution in [2.24, 2.45) is 10.4 Å². The molecule has 28 heavy (non-hydrogen) atoms. The fourth-order valence-corrected chi connectivity index (χ4v) is 3.61. The van der Waals surface area contributed by atoms with E-state index in [2.05, 4.69) is 24.5 Å². The van der Waals surface area contributed by atoms with Crippen molar-refractivity contribution in [3.8, 4) is 11.5 Å². The molecule has 0 spiro atoms. The number of aliphatic hydroxyl groups excluding tert-OH is 1. The predicted octanol–water partition coefficient (Wildman–Crippen LogP) is 3.88. The molecule has 0 amide bonds. The normalized spacial score (nSPS) is 23.4. The van der Waals surface area contributed by atoms with Crippen LogP contribution in [0.4, 0.5) is 0 Å². The lowest BCUT2D eigenvalue weighted by Gasteiger charge is -2.37. The number of hydrogen-bond acceptors (Lipinski definition) is 4. The molecular weight excluding hydrogens is 469 g/mol. The number of nitrogens with one attached hydrogen (secondary N) is 2. The van der Waals surface area contributed by atoms with Gasteiger partial charge in [0.05, 0.1) is 32.9 Å². The van der Waals surface area contributed by atoms with E-state index in [4.69, 9.17) is 14.5 Å². The minimum Gasteiger partial charge on any atom is -0.497 e. The third-order valence-corrected chi connectivity index (χ3v) is 5.48. The van der Waals surface area contributed by atoms with Crippen LogP contribution in [0.25, 0.3) is 0 Å². The van der Waals surface area contributed by atoms with Crippen LogP contribution in [-0.4, -0.2) is 44.5 Å². The summed E-state index contributed by atoms with van der Waals surface area (Å²) in [6.45, 7) is 7.63. The zero-order valence-electron chi connectivity index (χ0n) is 17.7. The minimum atomic E-state index is -0.284. The molecule has 0 radical (unpaired) electrons. The van der Waals surface area contributed by atoms with Crippen molar-refractivity contribution in [3.05, 3.63) is 23.8 Å². The Balaban J connectivity index is 0.00000392. The maximum atomic E-state index is 10.4. The summed E-state index contributed by atoms with van der Waals surface area (Å²) in [5.41, 5.74) is 0.851. The molecule has 1 aliphatic carbocycles. The summed E-state index contributed by atoms with van der Waals surface area (Å²) in [6, 6.07) is 5.76. The Kier molecular flexibility index (Phi) is 10.4. The molecule has 7 heteroatoms. The highest BCUT2D eigenvalue weighted by molar-refractivity contribution is 14.0. The summed E-state index contributed by atoms with van der Waals surface area (Å²) in [5.74, 6) is 2.34. The minimum absolute atomic E-state index is 0. The first-order chi connectivity index (χ1) is 12.9. The van der Waals surface area contributed by atoms with Gasteiger partial charge in [0.2, 0.25) is 0 Å². The number of methoxy groups -OCH3 is 2. The van der Waals surface area contributed by atoms with E-state index in [0.717, 1.165) is 55.3 Å². The van der Waals surface area contributed by atoms with Crippen LogP contribution in [0.1, 0.15) is 58.1 Å². The Morgan fingerprint density at radius 2 is 2.07 bits per heavy atom. The van der Waals surface area contributed by atoms with Crippen LogP contribution in [0.15, 0.2) is 23.2 Å². The lowest BCUT2D eigenvalue weighted by molar-refractivity contribution is 0.00715. The first kappa shape index (κ1) is 24.8. The van der Waals surface area contributed by atoms with Gasteiger partial charge >= 0.3 is 0 Å². The number of nitrogens with zero attached hydrogens (tertiary/aromatic N) is 1. The van der Waals surface area contributed by atoms with Crippen molar-refractivity contribution >= 4 is 29.9 Å². The second-order valence-corrected chi connectivity index (χ2v) is 7.58. The molecule has 1 fully saturated rings. The van der Waals surface area contributed by atoms with Gasteiger partial charge in [0.25, 0.3) is 0 Å². The number of rotatable bonds is 7. The second-order valence-electron chi connectivity index (χ2n) is 7.58. The molecule has 3 N–H and O–H groups in total. The Labute approximate surface area is 186 Å². The molecule has 0 aromatic heterocycles. The Hall–Kier alpha value is -1.22. The van der Waals surface area contributed by atoms with Gasteiger partial charge in [-0.3, -0.25) is 4.99 Å². The number of guanidine groups is 1. The van der Waals surface area contributed by atoms with Crippen LogP contribution in [0.2, 0.25) is 0 Å². The van der Waals surface area contributed by atoms with Gasteiger partial charge < -0.3 is 25.2 Å². The maximum Gasteiger partial charge on any atom is 0.191 e. The van der Waals surface area contributed by atoms with Crippen molar-refractivity contribution in [1.29, 1.82) is 0 Å². The molecule has 0 saturated heterocycles. The van der Waals surface area contributed by atoms with Gasteiger partial charge in [0.1, 0.15) is 11.5 Å². The van der Waals surface area contributed by atoms with E-state index in [1.54, 1.807) is 14.2 Å². The molecule has 1 aliphatic rings. The lowest BCUT2D eigenvalue weighted by Crippen LogP contribution is -2.42. The Bertz CT molecular complexity index is 641. The van der Waals surface area contributed by atoms with E-state index in [-0.39, 0.29) is 41.5 Å². The molecule has 160 valence electrons. The summed E-state index contributed by atoms with van der Waals surface area (Å²) < 4.78 is 10.9. The number of benzene rings is 1. The van der Waals surface area contributed by atoms with Gasteiger partial charge in [-0.05, 0) is 44.9 Å². The largest absolute Gasteiger partial charge is 0.497 e. The first-order valence-corrected chi connectivity index (χ1v) is 9.88. The smallest absolute Gasteiger partial charge is 0.191 e. The maximum absolute atomic E-state index is 10.4. The molecule has 2 rings (SSSR count). The van der Waals surface area contributed by atoms with Crippen molar-refractivity contribution < 1.29 is 14.6 Å².